The van der Waals surface area contributed by atoms with Gasteiger partial charge in [0.15, 0.2) is 0 Å². The topological polar surface area (TPSA) is 58.2 Å². The summed E-state index contributed by atoms with van der Waals surface area (Å²) in [5.74, 6) is -0.386. The molecule has 144 valence electrons. The van der Waals surface area contributed by atoms with E-state index in [0.29, 0.717) is 18.5 Å². The molecule has 2 aromatic rings. The van der Waals surface area contributed by atoms with E-state index in [1.165, 1.54) is 5.56 Å². The Labute approximate surface area is 162 Å². The van der Waals surface area contributed by atoms with Crippen molar-refractivity contribution in [2.75, 3.05) is 6.54 Å². The van der Waals surface area contributed by atoms with Gasteiger partial charge in [-0.3, -0.25) is 9.59 Å². The van der Waals surface area contributed by atoms with E-state index in [9.17, 15) is 9.59 Å². The summed E-state index contributed by atoms with van der Waals surface area (Å²) in [4.78, 5) is 25.2. The van der Waals surface area contributed by atoms with E-state index in [0.717, 1.165) is 12.0 Å². The first-order valence-corrected chi connectivity index (χ1v) is 9.54. The number of benzene rings is 2. The van der Waals surface area contributed by atoms with Crippen LogP contribution in [0, 0.1) is 0 Å². The standard InChI is InChI=1S/C23H30N2O2/c1-5-15-24-22(27)20(16-17-9-7-6-8-10-17)25-21(26)18-11-13-19(14-12-18)23(2,3)4/h6-14,20H,5,15-16H2,1-4H3,(H,24,27)(H,25,26). The van der Waals surface area contributed by atoms with Crippen molar-refractivity contribution in [2.24, 2.45) is 0 Å². The maximum atomic E-state index is 12.7. The van der Waals surface area contributed by atoms with Crippen molar-refractivity contribution in [3.63, 3.8) is 0 Å². The molecule has 4 nitrogen and oxygen atoms in total. The van der Waals surface area contributed by atoms with Crippen LogP contribution in [-0.4, -0.2) is 24.4 Å². The number of carbonyl (C=O) groups is 2. The van der Waals surface area contributed by atoms with Crippen molar-refractivity contribution >= 4 is 11.8 Å². The third-order valence-electron chi connectivity index (χ3n) is 4.47. The molecule has 0 spiro atoms. The highest BCUT2D eigenvalue weighted by molar-refractivity contribution is 5.97. The van der Waals surface area contributed by atoms with Crippen molar-refractivity contribution in [3.05, 3.63) is 71.3 Å². The molecule has 27 heavy (non-hydrogen) atoms. The minimum Gasteiger partial charge on any atom is -0.354 e. The van der Waals surface area contributed by atoms with Gasteiger partial charge < -0.3 is 10.6 Å². The van der Waals surface area contributed by atoms with Gasteiger partial charge in [-0.2, -0.15) is 0 Å². The lowest BCUT2D eigenvalue weighted by molar-refractivity contribution is -0.122. The molecule has 0 aromatic heterocycles. The van der Waals surface area contributed by atoms with Crippen LogP contribution in [0.3, 0.4) is 0 Å². The zero-order chi connectivity index (χ0) is 19.9. The van der Waals surface area contributed by atoms with Gasteiger partial charge in [0, 0.05) is 18.5 Å². The van der Waals surface area contributed by atoms with Crippen molar-refractivity contribution in [1.29, 1.82) is 0 Å². The van der Waals surface area contributed by atoms with E-state index in [1.54, 1.807) is 0 Å². The van der Waals surface area contributed by atoms with Crippen LogP contribution in [0.4, 0.5) is 0 Å². The summed E-state index contributed by atoms with van der Waals surface area (Å²) in [6.45, 7) is 9.00. The van der Waals surface area contributed by atoms with Crippen LogP contribution in [0.15, 0.2) is 54.6 Å². The SMILES string of the molecule is CCCNC(=O)C(Cc1ccccc1)NC(=O)c1ccc(C(C)(C)C)cc1. The smallest absolute Gasteiger partial charge is 0.251 e. The maximum Gasteiger partial charge on any atom is 0.251 e. The summed E-state index contributed by atoms with van der Waals surface area (Å²) in [5, 5.41) is 5.78. The summed E-state index contributed by atoms with van der Waals surface area (Å²) in [6, 6.07) is 16.7. The van der Waals surface area contributed by atoms with Gasteiger partial charge in [0.1, 0.15) is 6.04 Å². The number of hydrogen-bond donors (Lipinski definition) is 2. The summed E-state index contributed by atoms with van der Waals surface area (Å²) >= 11 is 0. The molecule has 0 fully saturated rings. The Kier molecular flexibility index (Phi) is 7.17. The first-order chi connectivity index (χ1) is 12.8. The molecule has 2 rings (SSSR count). The van der Waals surface area contributed by atoms with Crippen LogP contribution in [0.25, 0.3) is 0 Å². The number of carbonyl (C=O) groups excluding carboxylic acids is 2. The monoisotopic (exact) mass is 366 g/mol. The van der Waals surface area contributed by atoms with Gasteiger partial charge in [-0.15, -0.1) is 0 Å². The van der Waals surface area contributed by atoms with Gasteiger partial charge in [0.05, 0.1) is 0 Å². The van der Waals surface area contributed by atoms with Gasteiger partial charge in [-0.25, -0.2) is 0 Å². The molecule has 1 unspecified atom stereocenters. The summed E-state index contributed by atoms with van der Waals surface area (Å²) in [7, 11) is 0. The average molecular weight is 367 g/mol. The van der Waals surface area contributed by atoms with Gasteiger partial charge in [-0.1, -0.05) is 70.2 Å². The van der Waals surface area contributed by atoms with Crippen molar-refractivity contribution in [3.8, 4) is 0 Å². The molecule has 0 saturated heterocycles. The summed E-state index contributed by atoms with van der Waals surface area (Å²) < 4.78 is 0. The van der Waals surface area contributed by atoms with Gasteiger partial charge >= 0.3 is 0 Å². The largest absolute Gasteiger partial charge is 0.354 e. The van der Waals surface area contributed by atoms with Gasteiger partial charge in [0.2, 0.25) is 5.91 Å². The van der Waals surface area contributed by atoms with Crippen molar-refractivity contribution in [1.82, 2.24) is 10.6 Å². The highest BCUT2D eigenvalue weighted by atomic mass is 16.2. The molecule has 2 aromatic carbocycles. The molecule has 4 heteroatoms. The first kappa shape index (κ1) is 20.7. The molecule has 2 N–H and O–H groups in total. The molecule has 0 aliphatic heterocycles. The molecule has 0 bridgehead atoms. The molecular weight excluding hydrogens is 336 g/mol. The number of nitrogens with one attached hydrogen (secondary N) is 2. The zero-order valence-corrected chi connectivity index (χ0v) is 16.7. The minimum atomic E-state index is -0.603. The van der Waals surface area contributed by atoms with E-state index in [-0.39, 0.29) is 17.2 Å². The average Bonchev–Trinajstić information content (AvgIpc) is 2.65. The van der Waals surface area contributed by atoms with Crippen LogP contribution >= 0.6 is 0 Å². The Hall–Kier alpha value is -2.62. The molecule has 1 atom stereocenters. The second-order valence-corrected chi connectivity index (χ2v) is 7.83. The predicted octanol–water partition coefficient (Wildman–Crippen LogP) is 3.85. The number of rotatable bonds is 7. The fourth-order valence-electron chi connectivity index (χ4n) is 2.79. The fraction of sp³-hybridized carbons (Fsp3) is 0.391. The van der Waals surface area contributed by atoms with Crippen LogP contribution < -0.4 is 10.6 Å². The molecule has 0 radical (unpaired) electrons. The Morgan fingerprint density at radius 3 is 2.15 bits per heavy atom. The molecular formula is C23H30N2O2. The lowest BCUT2D eigenvalue weighted by Gasteiger charge is -2.20. The van der Waals surface area contributed by atoms with Gasteiger partial charge in [0.25, 0.3) is 5.91 Å². The number of hydrogen-bond acceptors (Lipinski definition) is 2. The van der Waals surface area contributed by atoms with Crippen LogP contribution in [0.1, 0.15) is 55.6 Å². The van der Waals surface area contributed by atoms with E-state index < -0.39 is 6.04 Å². The van der Waals surface area contributed by atoms with E-state index in [4.69, 9.17) is 0 Å². The van der Waals surface area contributed by atoms with Gasteiger partial charge in [-0.05, 0) is 35.1 Å². The highest BCUT2D eigenvalue weighted by Gasteiger charge is 2.22. The highest BCUT2D eigenvalue weighted by Crippen LogP contribution is 2.22. The molecule has 0 saturated carbocycles. The fourth-order valence-corrected chi connectivity index (χ4v) is 2.79. The Morgan fingerprint density at radius 2 is 1.59 bits per heavy atom. The summed E-state index contributed by atoms with van der Waals surface area (Å²) in [6.07, 6.45) is 1.31. The predicted molar refractivity (Wildman–Crippen MR) is 110 cm³/mol. The van der Waals surface area contributed by atoms with Crippen LogP contribution in [-0.2, 0) is 16.6 Å². The molecule has 0 heterocycles. The first-order valence-electron chi connectivity index (χ1n) is 9.54. The quantitative estimate of drug-likeness (QED) is 0.782. The van der Waals surface area contributed by atoms with Crippen LogP contribution in [0.2, 0.25) is 0 Å². The Morgan fingerprint density at radius 1 is 0.963 bits per heavy atom. The second kappa shape index (κ2) is 9.36. The minimum absolute atomic E-state index is 0.0326. The lowest BCUT2D eigenvalue weighted by atomic mass is 9.86. The maximum absolute atomic E-state index is 12.7. The molecule has 0 aliphatic carbocycles. The van der Waals surface area contributed by atoms with E-state index >= 15 is 0 Å². The van der Waals surface area contributed by atoms with Crippen molar-refractivity contribution in [2.45, 2.75) is 52.0 Å². The Balaban J connectivity index is 2.13. The van der Waals surface area contributed by atoms with E-state index in [1.807, 2.05) is 61.5 Å². The zero-order valence-electron chi connectivity index (χ0n) is 16.7. The lowest BCUT2D eigenvalue weighted by Crippen LogP contribution is -2.48. The number of amides is 2. The molecule has 2 amide bonds. The van der Waals surface area contributed by atoms with Crippen molar-refractivity contribution < 1.29 is 9.59 Å². The second-order valence-electron chi connectivity index (χ2n) is 7.83. The third-order valence-corrected chi connectivity index (χ3v) is 4.47. The molecule has 0 aliphatic rings. The van der Waals surface area contributed by atoms with Crippen LogP contribution in [0.5, 0.6) is 0 Å². The van der Waals surface area contributed by atoms with E-state index in [2.05, 4.69) is 31.4 Å². The normalized spacial score (nSPS) is 12.3. The third kappa shape index (κ3) is 6.24. The summed E-state index contributed by atoms with van der Waals surface area (Å²) in [5.41, 5.74) is 2.77. The Bertz CT molecular complexity index is 746.